The molecule has 0 fully saturated rings. The first-order chi connectivity index (χ1) is 8.75. The van der Waals surface area contributed by atoms with E-state index in [-0.39, 0.29) is 5.91 Å². The molecule has 2 heterocycles. The second-order valence-corrected chi connectivity index (χ2v) is 4.15. The third kappa shape index (κ3) is 3.41. The molecule has 0 spiro atoms. The maximum Gasteiger partial charge on any atom is 0.223 e. The number of amides is 1. The molecule has 0 saturated heterocycles. The molecular weight excluding hydrogens is 228 g/mol. The number of hydrogen-bond acceptors (Lipinski definition) is 3. The van der Waals surface area contributed by atoms with Crippen molar-refractivity contribution in [3.63, 3.8) is 0 Å². The van der Waals surface area contributed by atoms with Crippen molar-refractivity contribution in [3.8, 4) is 0 Å². The van der Waals surface area contributed by atoms with Crippen LogP contribution < -0.4 is 0 Å². The number of aryl methyl sites for hydroxylation is 1. The van der Waals surface area contributed by atoms with Crippen LogP contribution in [-0.4, -0.2) is 32.8 Å². The highest BCUT2D eigenvalue weighted by Crippen LogP contribution is 2.04. The number of aromatic amines is 1. The highest BCUT2D eigenvalue weighted by molar-refractivity contribution is 5.76. The molecule has 2 aromatic rings. The van der Waals surface area contributed by atoms with E-state index >= 15 is 0 Å². The van der Waals surface area contributed by atoms with Crippen molar-refractivity contribution in [3.05, 3.63) is 48.3 Å². The van der Waals surface area contributed by atoms with Crippen LogP contribution in [0.1, 0.15) is 17.8 Å². The lowest BCUT2D eigenvalue weighted by molar-refractivity contribution is -0.130. The van der Waals surface area contributed by atoms with Crippen LogP contribution in [0.5, 0.6) is 0 Å². The van der Waals surface area contributed by atoms with Crippen LogP contribution in [0.15, 0.2) is 36.9 Å². The largest absolute Gasteiger partial charge is 0.347 e. The van der Waals surface area contributed by atoms with Gasteiger partial charge in [0, 0.05) is 38.3 Å². The van der Waals surface area contributed by atoms with Gasteiger partial charge in [-0.1, -0.05) is 6.07 Å². The lowest BCUT2D eigenvalue weighted by atomic mass is 10.1. The topological polar surface area (TPSA) is 61.9 Å². The van der Waals surface area contributed by atoms with E-state index < -0.39 is 0 Å². The Labute approximate surface area is 106 Å². The number of pyridine rings is 1. The van der Waals surface area contributed by atoms with Crippen LogP contribution in [-0.2, 0) is 17.8 Å². The molecule has 0 radical (unpaired) electrons. The molecular formula is C13H16N4O. The molecule has 18 heavy (non-hydrogen) atoms. The van der Waals surface area contributed by atoms with Gasteiger partial charge in [-0.3, -0.25) is 9.78 Å². The van der Waals surface area contributed by atoms with Crippen LogP contribution in [0.2, 0.25) is 0 Å². The van der Waals surface area contributed by atoms with E-state index in [1.165, 1.54) is 0 Å². The van der Waals surface area contributed by atoms with Crippen molar-refractivity contribution in [2.24, 2.45) is 0 Å². The number of rotatable bonds is 5. The molecule has 1 N–H and O–H groups in total. The number of nitrogens with zero attached hydrogens (tertiary/aromatic N) is 3. The van der Waals surface area contributed by atoms with Crippen molar-refractivity contribution in [1.82, 2.24) is 19.9 Å². The van der Waals surface area contributed by atoms with Gasteiger partial charge < -0.3 is 9.88 Å². The summed E-state index contributed by atoms with van der Waals surface area (Å²) in [7, 11) is 1.79. The first kappa shape index (κ1) is 12.3. The lowest BCUT2D eigenvalue weighted by Gasteiger charge is -2.15. The monoisotopic (exact) mass is 244 g/mol. The van der Waals surface area contributed by atoms with Crippen LogP contribution in [0.4, 0.5) is 0 Å². The highest BCUT2D eigenvalue weighted by atomic mass is 16.2. The van der Waals surface area contributed by atoms with Crippen molar-refractivity contribution in [1.29, 1.82) is 0 Å². The van der Waals surface area contributed by atoms with Gasteiger partial charge in [-0.05, 0) is 18.1 Å². The number of carbonyl (C=O) groups is 1. The normalized spacial score (nSPS) is 10.3. The van der Waals surface area contributed by atoms with Gasteiger partial charge in [-0.2, -0.15) is 0 Å². The number of nitrogens with one attached hydrogen (secondary N) is 1. The fourth-order valence-corrected chi connectivity index (χ4v) is 1.69. The molecule has 0 aliphatic heterocycles. The Balaban J connectivity index is 1.81. The van der Waals surface area contributed by atoms with Gasteiger partial charge in [0.2, 0.25) is 5.91 Å². The number of H-pyrrole nitrogens is 1. The molecule has 0 unspecified atom stereocenters. The van der Waals surface area contributed by atoms with Crippen molar-refractivity contribution >= 4 is 5.91 Å². The van der Waals surface area contributed by atoms with Gasteiger partial charge in [-0.25, -0.2) is 4.98 Å². The number of carbonyl (C=O) groups excluding carboxylic acids is 1. The summed E-state index contributed by atoms with van der Waals surface area (Å²) in [4.78, 5) is 24.7. The summed E-state index contributed by atoms with van der Waals surface area (Å²) in [6.07, 6.45) is 8.17. The van der Waals surface area contributed by atoms with Gasteiger partial charge in [0.1, 0.15) is 5.82 Å². The number of imidazole rings is 1. The van der Waals surface area contributed by atoms with E-state index in [1.54, 1.807) is 36.7 Å². The van der Waals surface area contributed by atoms with Crippen LogP contribution in [0.25, 0.3) is 0 Å². The van der Waals surface area contributed by atoms with E-state index in [1.807, 2.05) is 12.1 Å². The summed E-state index contributed by atoms with van der Waals surface area (Å²) < 4.78 is 0. The number of aromatic nitrogens is 3. The number of hydrogen-bond donors (Lipinski definition) is 1. The Morgan fingerprint density at radius 2 is 2.33 bits per heavy atom. The minimum Gasteiger partial charge on any atom is -0.347 e. The minimum atomic E-state index is 0.107. The summed E-state index contributed by atoms with van der Waals surface area (Å²) >= 11 is 0. The summed E-state index contributed by atoms with van der Waals surface area (Å²) in [5, 5.41) is 0. The zero-order valence-corrected chi connectivity index (χ0v) is 10.3. The summed E-state index contributed by atoms with van der Waals surface area (Å²) in [6, 6.07) is 3.86. The highest BCUT2D eigenvalue weighted by Gasteiger charge is 2.10. The minimum absolute atomic E-state index is 0.107. The standard InChI is InChI=1S/C13H16N4O/c1-17(10-12-15-7-8-16-12)13(18)5-4-11-3-2-6-14-9-11/h2-3,6-9H,4-5,10H2,1H3,(H,15,16). The van der Waals surface area contributed by atoms with Crippen molar-refractivity contribution in [2.75, 3.05) is 7.05 Å². The molecule has 1 amide bonds. The summed E-state index contributed by atoms with van der Waals surface area (Å²) in [5.41, 5.74) is 1.08. The van der Waals surface area contributed by atoms with Gasteiger partial charge >= 0.3 is 0 Å². The third-order valence-corrected chi connectivity index (χ3v) is 2.72. The maximum atomic E-state index is 11.9. The Hall–Kier alpha value is -2.17. The summed E-state index contributed by atoms with van der Waals surface area (Å²) in [6.45, 7) is 0.513. The Morgan fingerprint density at radius 3 is 3.00 bits per heavy atom. The zero-order chi connectivity index (χ0) is 12.8. The molecule has 5 nitrogen and oxygen atoms in total. The van der Waals surface area contributed by atoms with Crippen LogP contribution in [0, 0.1) is 0 Å². The zero-order valence-electron chi connectivity index (χ0n) is 10.3. The quantitative estimate of drug-likeness (QED) is 0.864. The van der Waals surface area contributed by atoms with E-state index in [4.69, 9.17) is 0 Å². The average Bonchev–Trinajstić information content (AvgIpc) is 2.90. The summed E-state index contributed by atoms with van der Waals surface area (Å²) in [5.74, 6) is 0.905. The van der Waals surface area contributed by atoms with Gasteiger partial charge in [-0.15, -0.1) is 0 Å². The molecule has 0 aromatic carbocycles. The van der Waals surface area contributed by atoms with E-state index in [9.17, 15) is 4.79 Å². The van der Waals surface area contributed by atoms with E-state index in [2.05, 4.69) is 15.0 Å². The SMILES string of the molecule is CN(Cc1ncc[nH]1)C(=O)CCc1cccnc1. The molecule has 0 saturated carbocycles. The van der Waals surface area contributed by atoms with Crippen molar-refractivity contribution in [2.45, 2.75) is 19.4 Å². The van der Waals surface area contributed by atoms with Gasteiger partial charge in [0.25, 0.3) is 0 Å². The van der Waals surface area contributed by atoms with E-state index in [0.29, 0.717) is 13.0 Å². The van der Waals surface area contributed by atoms with Gasteiger partial charge in [0.05, 0.1) is 6.54 Å². The fraction of sp³-hybridized carbons (Fsp3) is 0.308. The lowest BCUT2D eigenvalue weighted by Crippen LogP contribution is -2.26. The second kappa shape index (κ2) is 5.95. The molecule has 0 aliphatic rings. The predicted molar refractivity (Wildman–Crippen MR) is 67.6 cm³/mol. The molecule has 94 valence electrons. The first-order valence-electron chi connectivity index (χ1n) is 5.87. The Bertz CT molecular complexity index is 481. The average molecular weight is 244 g/mol. The molecule has 5 heteroatoms. The Kier molecular flexibility index (Phi) is 4.06. The smallest absolute Gasteiger partial charge is 0.223 e. The maximum absolute atomic E-state index is 11.9. The first-order valence-corrected chi connectivity index (χ1v) is 5.87. The van der Waals surface area contributed by atoms with Crippen LogP contribution >= 0.6 is 0 Å². The molecule has 2 aromatic heterocycles. The molecule has 2 rings (SSSR count). The molecule has 0 aliphatic carbocycles. The molecule has 0 bridgehead atoms. The predicted octanol–water partition coefficient (Wildman–Crippen LogP) is 1.40. The third-order valence-electron chi connectivity index (χ3n) is 2.72. The fourth-order valence-electron chi connectivity index (χ4n) is 1.69. The second-order valence-electron chi connectivity index (χ2n) is 4.15. The van der Waals surface area contributed by atoms with Crippen molar-refractivity contribution < 1.29 is 4.79 Å². The van der Waals surface area contributed by atoms with E-state index in [0.717, 1.165) is 17.8 Å². The van der Waals surface area contributed by atoms with Gasteiger partial charge in [0.15, 0.2) is 0 Å². The van der Waals surface area contributed by atoms with Crippen LogP contribution in [0.3, 0.4) is 0 Å². The molecule has 0 atom stereocenters. The Morgan fingerprint density at radius 1 is 1.44 bits per heavy atom.